The van der Waals surface area contributed by atoms with Gasteiger partial charge in [-0.2, -0.15) is 0 Å². The molecule has 48 heavy (non-hydrogen) atoms. The van der Waals surface area contributed by atoms with E-state index in [1.165, 1.54) is 34.3 Å². The topological polar surface area (TPSA) is 159 Å². The minimum absolute atomic E-state index is 0.0236. The molecule has 2 aromatic carbocycles. The summed E-state index contributed by atoms with van der Waals surface area (Å²) in [4.78, 5) is 73.5. The molecule has 0 spiro atoms. The van der Waals surface area contributed by atoms with Crippen LogP contribution in [-0.4, -0.2) is 103 Å². The molecule has 6 rings (SSSR count). The van der Waals surface area contributed by atoms with Crippen molar-refractivity contribution in [2.75, 3.05) is 46.4 Å². The second kappa shape index (κ2) is 16.2. The van der Waals surface area contributed by atoms with Gasteiger partial charge < -0.3 is 35.2 Å². The summed E-state index contributed by atoms with van der Waals surface area (Å²) in [6, 6.07) is 12.8. The Hall–Kier alpha value is -4.98. The Kier molecular flexibility index (Phi) is 11.6. The molecule has 254 valence electrons. The van der Waals surface area contributed by atoms with E-state index in [0.717, 1.165) is 10.6 Å². The highest BCUT2D eigenvalue weighted by Crippen LogP contribution is 2.28. The fourth-order valence-electron chi connectivity index (χ4n) is 5.66. The van der Waals surface area contributed by atoms with Crippen LogP contribution in [0.25, 0.3) is 10.6 Å². The third-order valence-corrected chi connectivity index (χ3v) is 9.10. The summed E-state index contributed by atoms with van der Waals surface area (Å²) in [7, 11) is 1.44. The Morgan fingerprint density at radius 2 is 1.83 bits per heavy atom. The van der Waals surface area contributed by atoms with Gasteiger partial charge in [-0.25, -0.2) is 4.98 Å². The molecule has 5 amide bonds. The molecule has 3 N–H and O–H groups in total. The van der Waals surface area contributed by atoms with Gasteiger partial charge in [-0.05, 0) is 44.4 Å². The van der Waals surface area contributed by atoms with Crippen LogP contribution in [0.15, 0.2) is 53.9 Å². The first-order valence-corrected chi connectivity index (χ1v) is 16.9. The number of hydrogen-bond donors (Lipinski definition) is 3. The van der Waals surface area contributed by atoms with Gasteiger partial charge in [0, 0.05) is 36.1 Å². The van der Waals surface area contributed by atoms with Crippen molar-refractivity contribution in [1.29, 1.82) is 0 Å². The van der Waals surface area contributed by atoms with Gasteiger partial charge in [-0.1, -0.05) is 30.3 Å². The molecule has 0 unspecified atom stereocenters. The number of benzene rings is 2. The first kappa shape index (κ1) is 34.4. The van der Waals surface area contributed by atoms with Crippen LogP contribution in [0.5, 0.6) is 11.5 Å². The van der Waals surface area contributed by atoms with Crippen LogP contribution >= 0.6 is 11.3 Å². The molecule has 13 nitrogen and oxygen atoms in total. The van der Waals surface area contributed by atoms with Gasteiger partial charge in [-0.15, -0.1) is 11.3 Å². The zero-order valence-corrected chi connectivity index (χ0v) is 27.8. The summed E-state index contributed by atoms with van der Waals surface area (Å²) in [5, 5.41) is 11.0. The first-order chi connectivity index (χ1) is 23.2. The minimum atomic E-state index is -0.865. The number of carbonyl (C=O) groups is 5. The molecule has 14 heteroatoms. The van der Waals surface area contributed by atoms with Gasteiger partial charge >= 0.3 is 0 Å². The lowest BCUT2D eigenvalue weighted by Crippen LogP contribution is -2.52. The molecule has 3 aromatic rings. The van der Waals surface area contributed by atoms with Crippen molar-refractivity contribution in [1.82, 2.24) is 30.7 Å². The third kappa shape index (κ3) is 8.68. The van der Waals surface area contributed by atoms with Crippen LogP contribution in [0.3, 0.4) is 0 Å². The molecule has 4 heterocycles. The van der Waals surface area contributed by atoms with E-state index in [1.807, 2.05) is 35.7 Å². The number of aromatic nitrogens is 1. The van der Waals surface area contributed by atoms with Crippen molar-refractivity contribution in [3.8, 4) is 22.1 Å². The predicted molar refractivity (Wildman–Crippen MR) is 179 cm³/mol. The Morgan fingerprint density at radius 3 is 2.62 bits per heavy atom. The maximum atomic E-state index is 13.5. The van der Waals surface area contributed by atoms with Gasteiger partial charge in [0.05, 0.1) is 32.3 Å². The molecule has 3 aliphatic heterocycles. The summed E-state index contributed by atoms with van der Waals surface area (Å²) in [5.74, 6) is -1.07. The number of thiazole rings is 1. The van der Waals surface area contributed by atoms with E-state index >= 15 is 0 Å². The zero-order valence-electron chi connectivity index (χ0n) is 27.0. The van der Waals surface area contributed by atoms with Crippen LogP contribution in [0, 0.1) is 0 Å². The van der Waals surface area contributed by atoms with Crippen molar-refractivity contribution in [3.63, 3.8) is 0 Å². The van der Waals surface area contributed by atoms with Gasteiger partial charge in [0.15, 0.2) is 11.5 Å². The van der Waals surface area contributed by atoms with Crippen LogP contribution in [-0.2, 0) is 25.6 Å². The molecule has 2 atom stereocenters. The number of carbonyl (C=O) groups excluding carboxylic acids is 5. The number of hydrogen-bond acceptors (Lipinski definition) is 9. The van der Waals surface area contributed by atoms with E-state index in [1.54, 1.807) is 19.1 Å². The summed E-state index contributed by atoms with van der Waals surface area (Å²) in [5.41, 5.74) is 1.84. The van der Waals surface area contributed by atoms with Gasteiger partial charge in [-0.3, -0.25) is 24.0 Å². The summed E-state index contributed by atoms with van der Waals surface area (Å²) in [6.45, 7) is 2.54. The van der Waals surface area contributed by atoms with E-state index in [-0.39, 0.29) is 68.4 Å². The van der Waals surface area contributed by atoms with Crippen molar-refractivity contribution in [2.24, 2.45) is 0 Å². The number of rotatable bonds is 4. The second-order valence-corrected chi connectivity index (χ2v) is 12.5. The van der Waals surface area contributed by atoms with Gasteiger partial charge in [0.2, 0.25) is 23.6 Å². The van der Waals surface area contributed by atoms with E-state index in [0.29, 0.717) is 43.0 Å². The number of nitrogens with zero attached hydrogens (tertiary/aromatic N) is 3. The molecule has 0 aliphatic carbocycles. The van der Waals surface area contributed by atoms with E-state index in [4.69, 9.17) is 9.47 Å². The summed E-state index contributed by atoms with van der Waals surface area (Å²) >= 11 is 1.45. The molecular formula is C34H40N6O7S. The third-order valence-electron chi connectivity index (χ3n) is 8.16. The van der Waals surface area contributed by atoms with E-state index < -0.39 is 18.0 Å². The first-order valence-electron chi connectivity index (χ1n) is 16.0. The Labute approximate surface area is 283 Å². The van der Waals surface area contributed by atoms with Crippen molar-refractivity contribution < 1.29 is 33.4 Å². The monoisotopic (exact) mass is 676 g/mol. The highest BCUT2D eigenvalue weighted by molar-refractivity contribution is 7.13. The fraction of sp³-hybridized carbons (Fsp3) is 0.412. The normalized spacial score (nSPS) is 20.0. The second-order valence-electron chi connectivity index (χ2n) is 11.6. The smallest absolute Gasteiger partial charge is 0.252 e. The molecule has 2 bridgehead atoms. The Balaban J connectivity index is 1.30. The Morgan fingerprint density at radius 1 is 1.02 bits per heavy atom. The Bertz CT molecular complexity index is 1630. The minimum Gasteiger partial charge on any atom is -0.493 e. The average Bonchev–Trinajstić information content (AvgIpc) is 3.78. The number of amides is 5. The highest BCUT2D eigenvalue weighted by atomic mass is 32.1. The summed E-state index contributed by atoms with van der Waals surface area (Å²) in [6.07, 6.45) is 1.57. The highest BCUT2D eigenvalue weighted by Gasteiger charge is 2.36. The zero-order chi connectivity index (χ0) is 34.0. The molecule has 0 radical (unpaired) electrons. The van der Waals surface area contributed by atoms with E-state index in [9.17, 15) is 24.0 Å². The molecule has 3 aliphatic rings. The maximum absolute atomic E-state index is 13.5. The molecule has 1 aromatic heterocycles. The number of ether oxygens (including phenoxy) is 2. The maximum Gasteiger partial charge on any atom is 0.252 e. The SMILES string of the molecule is COc1cc2ccc1OCCNC(=O)CN(C(=O)Cc1csc(-c3ccccc3)n1)CCCNC(=O)[C@H]1CCCN1C(=O)[C@H](C)NC2=O. The van der Waals surface area contributed by atoms with Crippen molar-refractivity contribution >= 4 is 40.9 Å². The van der Waals surface area contributed by atoms with Crippen LogP contribution in [0.2, 0.25) is 0 Å². The lowest BCUT2D eigenvalue weighted by atomic mass is 10.1. The fourth-order valence-corrected chi connectivity index (χ4v) is 6.49. The number of fused-ring (bicyclic) bond motifs is 16. The lowest BCUT2D eigenvalue weighted by Gasteiger charge is -2.27. The molecule has 1 fully saturated rings. The number of methoxy groups -OCH3 is 1. The van der Waals surface area contributed by atoms with Crippen molar-refractivity contribution in [2.45, 2.75) is 44.7 Å². The van der Waals surface area contributed by atoms with Crippen LogP contribution < -0.4 is 25.4 Å². The average molecular weight is 677 g/mol. The number of nitrogens with one attached hydrogen (secondary N) is 3. The van der Waals surface area contributed by atoms with Crippen molar-refractivity contribution in [3.05, 3.63) is 65.2 Å². The van der Waals surface area contributed by atoms with Gasteiger partial charge in [0.1, 0.15) is 23.7 Å². The standard InChI is InChI=1S/C34H40N6O7S/c1-22-34(45)40-16-6-10-26(40)32(44)36-13-7-15-39(30(42)19-25-21-48-33(38-25)23-8-4-3-5-9-23)20-29(41)35-14-17-47-27-12-11-24(31(43)37-22)18-28(27)46-2/h3-5,8-9,11-12,18,21-22,26H,6-7,10,13-17,19-20H2,1-2H3,(H,35,41)(H,36,44)(H,37,43)/t22-,26+/m0/s1. The molecule has 0 saturated carbocycles. The molecule has 1 saturated heterocycles. The lowest BCUT2D eigenvalue weighted by molar-refractivity contribution is -0.139. The largest absolute Gasteiger partial charge is 0.493 e. The van der Waals surface area contributed by atoms with Crippen LogP contribution in [0.1, 0.15) is 42.2 Å². The predicted octanol–water partition coefficient (Wildman–Crippen LogP) is 2.01. The van der Waals surface area contributed by atoms with Crippen LogP contribution in [0.4, 0.5) is 0 Å². The summed E-state index contributed by atoms with van der Waals surface area (Å²) < 4.78 is 11.2. The van der Waals surface area contributed by atoms with E-state index in [2.05, 4.69) is 20.9 Å². The quantitative estimate of drug-likeness (QED) is 0.354. The van der Waals surface area contributed by atoms with Gasteiger partial charge in [0.25, 0.3) is 5.91 Å². The molecular weight excluding hydrogens is 636 g/mol.